The van der Waals surface area contributed by atoms with Crippen LogP contribution in [0.15, 0.2) is 48.5 Å². The fourth-order valence-corrected chi connectivity index (χ4v) is 4.36. The van der Waals surface area contributed by atoms with E-state index in [1.165, 1.54) is 0 Å². The van der Waals surface area contributed by atoms with Crippen LogP contribution in [0.5, 0.6) is 5.75 Å². The van der Waals surface area contributed by atoms with E-state index in [1.807, 2.05) is 57.2 Å². The Morgan fingerprint density at radius 2 is 1.97 bits per heavy atom. The van der Waals surface area contributed by atoms with E-state index in [1.54, 1.807) is 28.8 Å². The summed E-state index contributed by atoms with van der Waals surface area (Å²) in [5, 5.41) is 11.5. The number of ether oxygens (including phenoxy) is 2. The number of benzene rings is 2. The second-order valence-corrected chi connectivity index (χ2v) is 9.82. The van der Waals surface area contributed by atoms with Gasteiger partial charge in [-0.3, -0.25) is 9.59 Å². The lowest BCUT2D eigenvalue weighted by Crippen LogP contribution is -2.52. The van der Waals surface area contributed by atoms with E-state index >= 15 is 0 Å². The highest BCUT2D eigenvalue weighted by Gasteiger charge is 2.36. The number of amides is 2. The molecule has 2 heterocycles. The molecule has 4 rings (SSSR count). The smallest absolute Gasteiger partial charge is 0.247 e. The van der Waals surface area contributed by atoms with Gasteiger partial charge in [0.15, 0.2) is 0 Å². The van der Waals surface area contributed by atoms with Crippen molar-refractivity contribution in [2.45, 2.75) is 64.3 Å². The molecular formula is C27H35N5O4. The van der Waals surface area contributed by atoms with E-state index in [0.717, 1.165) is 24.8 Å². The van der Waals surface area contributed by atoms with E-state index < -0.39 is 11.6 Å². The van der Waals surface area contributed by atoms with Gasteiger partial charge in [0, 0.05) is 18.7 Å². The van der Waals surface area contributed by atoms with Crippen LogP contribution in [0.4, 0.5) is 0 Å². The van der Waals surface area contributed by atoms with Crippen LogP contribution in [0, 0.1) is 0 Å². The van der Waals surface area contributed by atoms with E-state index in [2.05, 4.69) is 15.6 Å². The number of para-hydroxylation sites is 1. The van der Waals surface area contributed by atoms with Crippen LogP contribution in [0.3, 0.4) is 0 Å². The summed E-state index contributed by atoms with van der Waals surface area (Å²) in [6, 6.07) is 13.9. The van der Waals surface area contributed by atoms with Crippen molar-refractivity contribution in [2.24, 2.45) is 0 Å². The molecule has 1 fully saturated rings. The molecule has 0 radical (unpaired) electrons. The van der Waals surface area contributed by atoms with Crippen molar-refractivity contribution in [3.63, 3.8) is 0 Å². The number of carbonyl (C=O) groups is 2. The SMILES string of the molecule is CCC(C)(C)NC(=O)[C@H](c1ccc(OC)cc1)N(C[C@H]1CCCO1)C(=O)Cn1nnc2ccccc21. The average molecular weight is 494 g/mol. The number of carbonyl (C=O) groups excluding carboxylic acids is 2. The lowest BCUT2D eigenvalue weighted by molar-refractivity contribution is -0.144. The lowest BCUT2D eigenvalue weighted by atomic mass is 9.98. The molecule has 1 saturated heterocycles. The average Bonchev–Trinajstić information content (AvgIpc) is 3.54. The number of fused-ring (bicyclic) bond motifs is 1. The highest BCUT2D eigenvalue weighted by Crippen LogP contribution is 2.28. The molecule has 0 spiro atoms. The Kier molecular flexibility index (Phi) is 7.88. The molecule has 2 amide bonds. The third kappa shape index (κ3) is 5.84. The quantitative estimate of drug-likeness (QED) is 0.464. The minimum atomic E-state index is -0.840. The van der Waals surface area contributed by atoms with Crippen LogP contribution in [-0.4, -0.2) is 63.6 Å². The summed E-state index contributed by atoms with van der Waals surface area (Å²) in [5.74, 6) is 0.214. The molecule has 2 atom stereocenters. The zero-order chi connectivity index (χ0) is 25.7. The Morgan fingerprint density at radius 1 is 1.22 bits per heavy atom. The van der Waals surface area contributed by atoms with Crippen molar-refractivity contribution < 1.29 is 19.1 Å². The summed E-state index contributed by atoms with van der Waals surface area (Å²) in [7, 11) is 1.60. The summed E-state index contributed by atoms with van der Waals surface area (Å²) in [6.45, 7) is 6.90. The van der Waals surface area contributed by atoms with Gasteiger partial charge in [-0.2, -0.15) is 0 Å². The molecule has 0 bridgehead atoms. The molecular weight excluding hydrogens is 458 g/mol. The number of methoxy groups -OCH3 is 1. The van der Waals surface area contributed by atoms with Gasteiger partial charge in [0.25, 0.3) is 0 Å². The van der Waals surface area contributed by atoms with Crippen molar-refractivity contribution in [3.8, 4) is 5.75 Å². The fourth-order valence-electron chi connectivity index (χ4n) is 4.36. The second-order valence-electron chi connectivity index (χ2n) is 9.82. The Balaban J connectivity index is 1.71. The molecule has 0 aliphatic carbocycles. The summed E-state index contributed by atoms with van der Waals surface area (Å²) >= 11 is 0. The van der Waals surface area contributed by atoms with Gasteiger partial charge in [-0.25, -0.2) is 4.68 Å². The first kappa shape index (κ1) is 25.6. The van der Waals surface area contributed by atoms with Crippen LogP contribution in [0.25, 0.3) is 11.0 Å². The van der Waals surface area contributed by atoms with Crippen LogP contribution in [0.1, 0.15) is 51.6 Å². The number of aromatic nitrogens is 3. The zero-order valence-corrected chi connectivity index (χ0v) is 21.4. The highest BCUT2D eigenvalue weighted by molar-refractivity contribution is 5.89. The molecule has 0 saturated carbocycles. The second kappa shape index (κ2) is 11.1. The third-order valence-corrected chi connectivity index (χ3v) is 6.79. The third-order valence-electron chi connectivity index (χ3n) is 6.79. The topological polar surface area (TPSA) is 98.6 Å². The first-order chi connectivity index (χ1) is 17.3. The van der Waals surface area contributed by atoms with Gasteiger partial charge in [0.1, 0.15) is 23.9 Å². The van der Waals surface area contributed by atoms with Gasteiger partial charge >= 0.3 is 0 Å². The molecule has 9 nitrogen and oxygen atoms in total. The zero-order valence-electron chi connectivity index (χ0n) is 21.4. The van der Waals surface area contributed by atoms with Crippen molar-refractivity contribution in [1.29, 1.82) is 0 Å². The van der Waals surface area contributed by atoms with Gasteiger partial charge in [-0.15, -0.1) is 5.10 Å². The molecule has 192 valence electrons. The molecule has 1 aliphatic rings. The van der Waals surface area contributed by atoms with Gasteiger partial charge in [0.05, 0.1) is 18.7 Å². The minimum absolute atomic E-state index is 0.0374. The normalized spacial score (nSPS) is 16.6. The van der Waals surface area contributed by atoms with Crippen LogP contribution in [-0.2, 0) is 20.9 Å². The number of hydrogen-bond acceptors (Lipinski definition) is 6. The lowest BCUT2D eigenvalue weighted by Gasteiger charge is -2.35. The molecule has 0 unspecified atom stereocenters. The maximum atomic E-state index is 13.9. The monoisotopic (exact) mass is 493 g/mol. The molecule has 2 aromatic carbocycles. The molecule has 9 heteroatoms. The summed E-state index contributed by atoms with van der Waals surface area (Å²) in [5.41, 5.74) is 1.75. The van der Waals surface area contributed by atoms with E-state index in [-0.39, 0.29) is 24.5 Å². The first-order valence-corrected chi connectivity index (χ1v) is 12.5. The molecule has 36 heavy (non-hydrogen) atoms. The van der Waals surface area contributed by atoms with Crippen molar-refractivity contribution in [1.82, 2.24) is 25.2 Å². The van der Waals surface area contributed by atoms with E-state index in [0.29, 0.717) is 30.0 Å². The Morgan fingerprint density at radius 3 is 2.64 bits per heavy atom. The predicted octanol–water partition coefficient (Wildman–Crippen LogP) is 3.49. The van der Waals surface area contributed by atoms with Crippen LogP contribution >= 0.6 is 0 Å². The van der Waals surface area contributed by atoms with Gasteiger partial charge in [-0.1, -0.05) is 36.4 Å². The van der Waals surface area contributed by atoms with E-state index in [9.17, 15) is 9.59 Å². The maximum absolute atomic E-state index is 13.9. The molecule has 1 aromatic heterocycles. The van der Waals surface area contributed by atoms with E-state index in [4.69, 9.17) is 9.47 Å². The number of rotatable bonds is 10. The highest BCUT2D eigenvalue weighted by atomic mass is 16.5. The minimum Gasteiger partial charge on any atom is -0.497 e. The summed E-state index contributed by atoms with van der Waals surface area (Å²) in [6.07, 6.45) is 2.39. The Labute approximate surface area is 211 Å². The molecule has 3 aromatic rings. The maximum Gasteiger partial charge on any atom is 0.247 e. The molecule has 1 aliphatic heterocycles. The van der Waals surface area contributed by atoms with Gasteiger partial charge < -0.3 is 19.7 Å². The van der Waals surface area contributed by atoms with Crippen molar-refractivity contribution in [2.75, 3.05) is 20.3 Å². The number of hydrogen-bond donors (Lipinski definition) is 1. The van der Waals surface area contributed by atoms with Crippen molar-refractivity contribution >= 4 is 22.8 Å². The predicted molar refractivity (Wildman–Crippen MR) is 136 cm³/mol. The standard InChI is InChI=1S/C27H35N5O4/c1-5-27(2,3)28-26(34)25(19-12-14-20(35-4)15-13-19)31(17-21-9-8-16-36-21)24(33)18-32-23-11-7-6-10-22(23)29-30-32/h6-7,10-15,21,25H,5,8-9,16-18H2,1-4H3,(H,28,34)/t21-,25+/m1/s1. The number of nitrogens with zero attached hydrogens (tertiary/aromatic N) is 4. The van der Waals surface area contributed by atoms with Gasteiger partial charge in [0.2, 0.25) is 11.8 Å². The van der Waals surface area contributed by atoms with Crippen LogP contribution in [0.2, 0.25) is 0 Å². The van der Waals surface area contributed by atoms with Gasteiger partial charge in [-0.05, 0) is 62.9 Å². The largest absolute Gasteiger partial charge is 0.497 e. The Hall–Kier alpha value is -3.46. The van der Waals surface area contributed by atoms with Crippen LogP contribution < -0.4 is 10.1 Å². The first-order valence-electron chi connectivity index (χ1n) is 12.5. The van der Waals surface area contributed by atoms with Crippen molar-refractivity contribution in [3.05, 3.63) is 54.1 Å². The Bertz CT molecular complexity index is 1180. The molecule has 1 N–H and O–H groups in total. The number of nitrogens with one attached hydrogen (secondary N) is 1. The fraction of sp³-hybridized carbons (Fsp3) is 0.481. The summed E-state index contributed by atoms with van der Waals surface area (Å²) < 4.78 is 12.8. The summed E-state index contributed by atoms with van der Waals surface area (Å²) in [4.78, 5) is 29.3.